The standard InChI is InChI=1S/C20H16ClN3O4/c1-24-11-16(17(23-24)20(27)28-2)22-19(26)15-6-4-3-5-14(15)18(25)12-7-9-13(21)10-8-12/h3-11H,1-2H3,(H,22,26). The first kappa shape index (κ1) is 19.3. The van der Waals surface area contributed by atoms with E-state index in [2.05, 4.69) is 15.2 Å². The fourth-order valence-electron chi connectivity index (χ4n) is 2.65. The van der Waals surface area contributed by atoms with E-state index in [1.165, 1.54) is 24.1 Å². The quantitative estimate of drug-likeness (QED) is 0.526. The third kappa shape index (κ3) is 3.94. The lowest BCUT2D eigenvalue weighted by Gasteiger charge is -2.09. The number of anilines is 1. The van der Waals surface area contributed by atoms with Gasteiger partial charge in [0.2, 0.25) is 0 Å². The van der Waals surface area contributed by atoms with Crippen LogP contribution >= 0.6 is 11.6 Å². The van der Waals surface area contributed by atoms with Gasteiger partial charge in [-0.2, -0.15) is 5.10 Å². The van der Waals surface area contributed by atoms with Crippen LogP contribution in [0.4, 0.5) is 5.69 Å². The van der Waals surface area contributed by atoms with Crippen molar-refractivity contribution in [1.29, 1.82) is 0 Å². The minimum absolute atomic E-state index is 0.0279. The molecule has 2 aromatic carbocycles. The Bertz CT molecular complexity index is 1060. The third-order valence-corrected chi connectivity index (χ3v) is 4.23. The number of carbonyl (C=O) groups is 3. The zero-order chi connectivity index (χ0) is 20.3. The maximum Gasteiger partial charge on any atom is 0.360 e. The molecule has 28 heavy (non-hydrogen) atoms. The number of aromatic nitrogens is 2. The lowest BCUT2D eigenvalue weighted by molar-refractivity contribution is 0.0594. The first-order valence-electron chi connectivity index (χ1n) is 8.23. The fraction of sp³-hybridized carbons (Fsp3) is 0.100. The summed E-state index contributed by atoms with van der Waals surface area (Å²) in [5.41, 5.74) is 0.960. The molecular formula is C20H16ClN3O4. The Balaban J connectivity index is 1.93. The highest BCUT2D eigenvalue weighted by atomic mass is 35.5. The number of hydrogen-bond donors (Lipinski definition) is 1. The molecule has 0 aliphatic heterocycles. The lowest BCUT2D eigenvalue weighted by atomic mass is 9.98. The number of ether oxygens (including phenoxy) is 1. The molecule has 0 radical (unpaired) electrons. The highest BCUT2D eigenvalue weighted by Crippen LogP contribution is 2.20. The molecule has 8 heteroatoms. The van der Waals surface area contributed by atoms with E-state index in [1.807, 2.05) is 0 Å². The Morgan fingerprint density at radius 3 is 2.32 bits per heavy atom. The van der Waals surface area contributed by atoms with Gasteiger partial charge < -0.3 is 10.1 Å². The number of carbonyl (C=O) groups excluding carboxylic acids is 3. The Kier molecular flexibility index (Phi) is 5.56. The summed E-state index contributed by atoms with van der Waals surface area (Å²) < 4.78 is 6.06. The van der Waals surface area contributed by atoms with Crippen LogP contribution in [0.2, 0.25) is 5.02 Å². The van der Waals surface area contributed by atoms with Crippen molar-refractivity contribution >= 4 is 34.9 Å². The summed E-state index contributed by atoms with van der Waals surface area (Å²) >= 11 is 5.87. The highest BCUT2D eigenvalue weighted by Gasteiger charge is 2.22. The molecule has 1 amide bonds. The van der Waals surface area contributed by atoms with Gasteiger partial charge in [-0.1, -0.05) is 29.8 Å². The molecule has 0 spiro atoms. The van der Waals surface area contributed by atoms with E-state index in [0.717, 1.165) is 0 Å². The number of ketones is 1. The van der Waals surface area contributed by atoms with Gasteiger partial charge in [0.1, 0.15) is 0 Å². The minimum atomic E-state index is -0.679. The van der Waals surface area contributed by atoms with Gasteiger partial charge >= 0.3 is 5.97 Å². The molecule has 0 fully saturated rings. The summed E-state index contributed by atoms with van der Waals surface area (Å²) in [7, 11) is 2.84. The molecule has 142 valence electrons. The first-order valence-corrected chi connectivity index (χ1v) is 8.61. The summed E-state index contributed by atoms with van der Waals surface area (Å²) in [4.78, 5) is 37.5. The van der Waals surface area contributed by atoms with Crippen molar-refractivity contribution in [2.45, 2.75) is 0 Å². The van der Waals surface area contributed by atoms with Crippen LogP contribution in [0, 0.1) is 0 Å². The van der Waals surface area contributed by atoms with Crippen LogP contribution in [0.3, 0.4) is 0 Å². The Morgan fingerprint density at radius 2 is 1.68 bits per heavy atom. The number of rotatable bonds is 5. The van der Waals surface area contributed by atoms with E-state index in [0.29, 0.717) is 10.6 Å². The predicted molar refractivity (Wildman–Crippen MR) is 104 cm³/mol. The largest absolute Gasteiger partial charge is 0.464 e. The zero-order valence-corrected chi connectivity index (χ0v) is 15.9. The Labute approximate surface area is 165 Å². The van der Waals surface area contributed by atoms with E-state index in [-0.39, 0.29) is 28.3 Å². The molecule has 3 rings (SSSR count). The maximum atomic E-state index is 12.8. The SMILES string of the molecule is COC(=O)c1nn(C)cc1NC(=O)c1ccccc1C(=O)c1ccc(Cl)cc1. The van der Waals surface area contributed by atoms with Gasteiger partial charge in [-0.15, -0.1) is 0 Å². The summed E-state index contributed by atoms with van der Waals surface area (Å²) in [5.74, 6) is -1.54. The van der Waals surface area contributed by atoms with Gasteiger partial charge in [0.25, 0.3) is 5.91 Å². The van der Waals surface area contributed by atoms with Gasteiger partial charge in [-0.05, 0) is 30.3 Å². The molecule has 3 aromatic rings. The van der Waals surface area contributed by atoms with Crippen LogP contribution in [0.5, 0.6) is 0 Å². The van der Waals surface area contributed by atoms with Crippen LogP contribution in [0.25, 0.3) is 0 Å². The smallest absolute Gasteiger partial charge is 0.360 e. The highest BCUT2D eigenvalue weighted by molar-refractivity contribution is 6.30. The molecule has 0 saturated carbocycles. The number of hydrogen-bond acceptors (Lipinski definition) is 5. The number of amides is 1. The van der Waals surface area contributed by atoms with Crippen molar-refractivity contribution < 1.29 is 19.1 Å². The average Bonchev–Trinajstić information content (AvgIpc) is 3.07. The molecule has 0 unspecified atom stereocenters. The van der Waals surface area contributed by atoms with E-state index in [1.54, 1.807) is 49.5 Å². The molecule has 0 saturated heterocycles. The van der Waals surface area contributed by atoms with E-state index >= 15 is 0 Å². The number of aryl methyl sites for hydroxylation is 1. The summed E-state index contributed by atoms with van der Waals surface area (Å²) in [6.45, 7) is 0. The molecule has 1 N–H and O–H groups in total. The van der Waals surface area contributed by atoms with Gasteiger partial charge in [-0.25, -0.2) is 4.79 Å². The minimum Gasteiger partial charge on any atom is -0.464 e. The monoisotopic (exact) mass is 397 g/mol. The summed E-state index contributed by atoms with van der Waals surface area (Å²) in [6.07, 6.45) is 1.48. The number of nitrogens with zero attached hydrogens (tertiary/aromatic N) is 2. The topological polar surface area (TPSA) is 90.3 Å². The average molecular weight is 398 g/mol. The number of methoxy groups -OCH3 is 1. The lowest BCUT2D eigenvalue weighted by Crippen LogP contribution is -2.18. The molecular weight excluding hydrogens is 382 g/mol. The van der Waals surface area contributed by atoms with Crippen molar-refractivity contribution in [2.75, 3.05) is 12.4 Å². The van der Waals surface area contributed by atoms with Crippen LogP contribution < -0.4 is 5.32 Å². The maximum absolute atomic E-state index is 12.8. The molecule has 7 nitrogen and oxygen atoms in total. The number of nitrogens with one attached hydrogen (secondary N) is 1. The molecule has 1 aromatic heterocycles. The van der Waals surface area contributed by atoms with Crippen molar-refractivity contribution in [3.05, 3.63) is 82.1 Å². The second-order valence-corrected chi connectivity index (χ2v) is 6.33. The van der Waals surface area contributed by atoms with Crippen molar-refractivity contribution in [1.82, 2.24) is 9.78 Å². The van der Waals surface area contributed by atoms with Crippen LogP contribution in [-0.2, 0) is 11.8 Å². The second-order valence-electron chi connectivity index (χ2n) is 5.89. The fourth-order valence-corrected chi connectivity index (χ4v) is 2.78. The summed E-state index contributed by atoms with van der Waals surface area (Å²) in [6, 6.07) is 12.8. The van der Waals surface area contributed by atoms with Crippen LogP contribution in [-0.4, -0.2) is 34.6 Å². The molecule has 0 bridgehead atoms. The van der Waals surface area contributed by atoms with Crippen molar-refractivity contribution in [2.24, 2.45) is 7.05 Å². The van der Waals surface area contributed by atoms with Gasteiger partial charge in [0.15, 0.2) is 11.5 Å². The molecule has 0 atom stereocenters. The Hall–Kier alpha value is -3.45. The van der Waals surface area contributed by atoms with E-state index < -0.39 is 11.9 Å². The number of halogens is 1. The van der Waals surface area contributed by atoms with E-state index in [4.69, 9.17) is 11.6 Å². The van der Waals surface area contributed by atoms with Crippen molar-refractivity contribution in [3.8, 4) is 0 Å². The van der Waals surface area contributed by atoms with Gasteiger partial charge in [0.05, 0.1) is 18.4 Å². The predicted octanol–water partition coefficient (Wildman–Crippen LogP) is 3.34. The van der Waals surface area contributed by atoms with Crippen molar-refractivity contribution in [3.63, 3.8) is 0 Å². The molecule has 0 aliphatic carbocycles. The third-order valence-electron chi connectivity index (χ3n) is 3.98. The summed E-state index contributed by atoms with van der Waals surface area (Å²) in [5, 5.41) is 7.12. The Morgan fingerprint density at radius 1 is 1.04 bits per heavy atom. The van der Waals surface area contributed by atoms with Gasteiger partial charge in [0, 0.05) is 29.4 Å². The number of esters is 1. The number of benzene rings is 2. The second kappa shape index (κ2) is 8.06. The zero-order valence-electron chi connectivity index (χ0n) is 15.1. The molecule has 1 heterocycles. The van der Waals surface area contributed by atoms with Crippen LogP contribution in [0.1, 0.15) is 36.8 Å². The molecule has 0 aliphatic rings. The normalized spacial score (nSPS) is 10.4. The van der Waals surface area contributed by atoms with Crippen LogP contribution in [0.15, 0.2) is 54.7 Å². The van der Waals surface area contributed by atoms with Gasteiger partial charge in [-0.3, -0.25) is 14.3 Å². The first-order chi connectivity index (χ1) is 13.4. The van der Waals surface area contributed by atoms with E-state index in [9.17, 15) is 14.4 Å².